The molecule has 0 radical (unpaired) electrons. The van der Waals surface area contributed by atoms with E-state index in [2.05, 4.69) is 0 Å². The molecule has 8 nitrogen and oxygen atoms in total. The lowest BCUT2D eigenvalue weighted by atomic mass is 9.94. The Labute approximate surface area is 204 Å². The van der Waals surface area contributed by atoms with Crippen molar-refractivity contribution in [3.8, 4) is 17.2 Å². The van der Waals surface area contributed by atoms with Crippen LogP contribution >= 0.6 is 11.6 Å². The first-order valence-corrected chi connectivity index (χ1v) is 11.3. The van der Waals surface area contributed by atoms with E-state index < -0.39 is 23.5 Å². The molecule has 0 aliphatic carbocycles. The van der Waals surface area contributed by atoms with Crippen molar-refractivity contribution in [1.82, 2.24) is 4.90 Å². The van der Waals surface area contributed by atoms with Crippen LogP contribution in [0.5, 0.6) is 17.2 Å². The number of ketones is 1. The van der Waals surface area contributed by atoms with E-state index >= 15 is 0 Å². The summed E-state index contributed by atoms with van der Waals surface area (Å²) in [5.41, 5.74) is 0.539. The molecular formula is C25H29ClN2O6. The number of carbonyl (C=O) groups is 2. The standard InChI is InChI=1S/C25H29ClN2O6/c1-6-34-20-9-7-15(13-18(20)26)23(29)21-22(17-14-16(32-4)8-10-19(17)33-5)28(12-11-27(2)3)25(31)24(21)30/h7-10,13-14,22,29H,6,11-12H2,1-5H3/b23-21+. The molecule has 1 fully saturated rings. The zero-order valence-electron chi connectivity index (χ0n) is 19.9. The Balaban J connectivity index is 2.22. The van der Waals surface area contributed by atoms with Gasteiger partial charge in [0, 0.05) is 11.1 Å². The number of quaternary nitrogens is 1. The first-order valence-electron chi connectivity index (χ1n) is 10.9. The smallest absolute Gasteiger partial charge is 0.295 e. The summed E-state index contributed by atoms with van der Waals surface area (Å²) in [7, 11) is 6.90. The lowest BCUT2D eigenvalue weighted by Gasteiger charge is -2.29. The lowest BCUT2D eigenvalue weighted by Crippen LogP contribution is -3.06. The summed E-state index contributed by atoms with van der Waals surface area (Å²) in [5, 5.41) is 13.9. The second-order valence-electron chi connectivity index (χ2n) is 8.12. The molecule has 34 heavy (non-hydrogen) atoms. The van der Waals surface area contributed by atoms with Gasteiger partial charge in [0.1, 0.15) is 17.2 Å². The van der Waals surface area contributed by atoms with Crippen LogP contribution < -0.4 is 24.2 Å². The van der Waals surface area contributed by atoms with Gasteiger partial charge in [-0.2, -0.15) is 0 Å². The molecule has 1 unspecified atom stereocenters. The molecule has 3 rings (SSSR count). The highest BCUT2D eigenvalue weighted by molar-refractivity contribution is 6.46. The molecule has 1 aliphatic rings. The van der Waals surface area contributed by atoms with Gasteiger partial charge in [0.25, 0.3) is 5.91 Å². The van der Waals surface area contributed by atoms with Crippen LogP contribution in [0.2, 0.25) is 5.02 Å². The average Bonchev–Trinajstić information content (AvgIpc) is 3.07. The minimum Gasteiger partial charge on any atom is -0.872 e. The molecule has 1 N–H and O–H groups in total. The third-order valence-electron chi connectivity index (χ3n) is 5.61. The molecule has 0 saturated carbocycles. The molecule has 0 bridgehead atoms. The molecule has 2 aromatic rings. The number of methoxy groups -OCH3 is 2. The third-order valence-corrected chi connectivity index (χ3v) is 5.90. The summed E-state index contributed by atoms with van der Waals surface area (Å²) >= 11 is 6.29. The molecule has 1 aliphatic heterocycles. The molecular weight excluding hydrogens is 460 g/mol. The zero-order chi connectivity index (χ0) is 25.0. The largest absolute Gasteiger partial charge is 0.872 e. The molecule has 0 spiro atoms. The van der Waals surface area contributed by atoms with E-state index in [1.165, 1.54) is 31.3 Å². The van der Waals surface area contributed by atoms with E-state index in [9.17, 15) is 14.7 Å². The molecule has 1 amide bonds. The van der Waals surface area contributed by atoms with Crippen molar-refractivity contribution in [2.45, 2.75) is 13.0 Å². The van der Waals surface area contributed by atoms with Crippen LogP contribution in [0.3, 0.4) is 0 Å². The van der Waals surface area contributed by atoms with E-state index in [1.807, 2.05) is 21.0 Å². The predicted molar refractivity (Wildman–Crippen MR) is 126 cm³/mol. The van der Waals surface area contributed by atoms with Gasteiger partial charge in [0.2, 0.25) is 5.78 Å². The van der Waals surface area contributed by atoms with Gasteiger partial charge in [-0.05, 0) is 42.8 Å². The quantitative estimate of drug-likeness (QED) is 0.323. The van der Waals surface area contributed by atoms with Crippen LogP contribution in [0.1, 0.15) is 24.1 Å². The Hall–Kier alpha value is -3.23. The van der Waals surface area contributed by atoms with Crippen molar-refractivity contribution in [1.29, 1.82) is 0 Å². The summed E-state index contributed by atoms with van der Waals surface area (Å²) in [6.45, 7) is 3.10. The van der Waals surface area contributed by atoms with Crippen LogP contribution in [0.15, 0.2) is 42.0 Å². The first kappa shape index (κ1) is 25.4. The first-order chi connectivity index (χ1) is 16.2. The Morgan fingerprint density at radius 2 is 1.79 bits per heavy atom. The van der Waals surface area contributed by atoms with Gasteiger partial charge in [0.05, 0.1) is 59.1 Å². The summed E-state index contributed by atoms with van der Waals surface area (Å²) < 4.78 is 16.3. The third kappa shape index (κ3) is 4.98. The molecule has 182 valence electrons. The summed E-state index contributed by atoms with van der Waals surface area (Å²) in [4.78, 5) is 28.8. The molecule has 1 heterocycles. The van der Waals surface area contributed by atoms with E-state index in [-0.39, 0.29) is 22.7 Å². The summed E-state index contributed by atoms with van der Waals surface area (Å²) in [5.74, 6) is -0.753. The molecule has 0 aromatic heterocycles. The fraction of sp³-hybridized carbons (Fsp3) is 0.360. The van der Waals surface area contributed by atoms with Crippen molar-refractivity contribution in [2.24, 2.45) is 0 Å². The fourth-order valence-corrected chi connectivity index (χ4v) is 4.13. The SMILES string of the molecule is CCOc1ccc(/C([O-])=C2\C(=O)C(=O)N(CC[NH+](C)C)C2c2cc(OC)ccc2OC)cc1Cl. The predicted octanol–water partition coefficient (Wildman–Crippen LogP) is 1.12. The lowest BCUT2D eigenvalue weighted by molar-refractivity contribution is -0.857. The second kappa shape index (κ2) is 10.8. The van der Waals surface area contributed by atoms with E-state index in [1.54, 1.807) is 24.3 Å². The summed E-state index contributed by atoms with van der Waals surface area (Å²) in [6.07, 6.45) is 0. The number of benzene rings is 2. The molecule has 1 atom stereocenters. The van der Waals surface area contributed by atoms with Crippen molar-refractivity contribution in [3.05, 3.63) is 58.1 Å². The molecule has 2 aromatic carbocycles. The maximum Gasteiger partial charge on any atom is 0.295 e. The van der Waals surface area contributed by atoms with Crippen LogP contribution in [-0.4, -0.2) is 64.6 Å². The van der Waals surface area contributed by atoms with Gasteiger partial charge in [-0.25, -0.2) is 0 Å². The average molecular weight is 489 g/mol. The van der Waals surface area contributed by atoms with Crippen LogP contribution in [0.25, 0.3) is 5.76 Å². The highest BCUT2D eigenvalue weighted by Crippen LogP contribution is 2.43. The number of halogens is 1. The second-order valence-corrected chi connectivity index (χ2v) is 8.52. The van der Waals surface area contributed by atoms with Crippen molar-refractivity contribution >= 4 is 29.1 Å². The number of nitrogens with one attached hydrogen (secondary N) is 1. The van der Waals surface area contributed by atoms with E-state index in [4.69, 9.17) is 25.8 Å². The number of hydrogen-bond acceptors (Lipinski definition) is 6. The highest BCUT2D eigenvalue weighted by atomic mass is 35.5. The number of likely N-dealkylation sites (N-methyl/N-ethyl adjacent to an activating group) is 1. The topological polar surface area (TPSA) is 92.6 Å². The van der Waals surface area contributed by atoms with E-state index in [0.29, 0.717) is 36.0 Å². The number of ether oxygens (including phenoxy) is 3. The number of amides is 1. The highest BCUT2D eigenvalue weighted by Gasteiger charge is 2.45. The Bertz CT molecular complexity index is 1110. The van der Waals surface area contributed by atoms with Crippen molar-refractivity contribution in [3.63, 3.8) is 0 Å². The normalized spacial score (nSPS) is 17.4. The van der Waals surface area contributed by atoms with Gasteiger partial charge in [-0.3, -0.25) is 9.59 Å². The summed E-state index contributed by atoms with van der Waals surface area (Å²) in [6, 6.07) is 8.72. The number of rotatable bonds is 9. The van der Waals surface area contributed by atoms with Gasteiger partial charge < -0.3 is 29.1 Å². The Kier molecular flexibility index (Phi) is 8.06. The number of nitrogens with zero attached hydrogens (tertiary/aromatic N) is 1. The minimum atomic E-state index is -0.928. The maximum absolute atomic E-state index is 13.6. The van der Waals surface area contributed by atoms with Crippen LogP contribution in [0.4, 0.5) is 0 Å². The van der Waals surface area contributed by atoms with Gasteiger partial charge in [0.15, 0.2) is 0 Å². The van der Waals surface area contributed by atoms with Crippen molar-refractivity contribution < 1.29 is 33.8 Å². The van der Waals surface area contributed by atoms with Gasteiger partial charge in [-0.1, -0.05) is 23.4 Å². The molecule has 1 saturated heterocycles. The van der Waals surface area contributed by atoms with Crippen LogP contribution in [-0.2, 0) is 9.59 Å². The van der Waals surface area contributed by atoms with Crippen LogP contribution in [0, 0.1) is 0 Å². The van der Waals surface area contributed by atoms with Gasteiger partial charge >= 0.3 is 0 Å². The minimum absolute atomic E-state index is 0.148. The Morgan fingerprint density at radius 1 is 1.09 bits per heavy atom. The number of hydrogen-bond donors (Lipinski definition) is 1. The monoisotopic (exact) mass is 488 g/mol. The zero-order valence-corrected chi connectivity index (χ0v) is 20.7. The number of likely N-dealkylation sites (tertiary alicyclic amines) is 1. The van der Waals surface area contributed by atoms with Crippen molar-refractivity contribution in [2.75, 3.05) is 48.0 Å². The molecule has 9 heteroatoms. The number of carbonyl (C=O) groups excluding carboxylic acids is 2. The van der Waals surface area contributed by atoms with E-state index in [0.717, 1.165) is 4.90 Å². The Morgan fingerprint density at radius 3 is 2.38 bits per heavy atom. The fourth-order valence-electron chi connectivity index (χ4n) is 3.89. The van der Waals surface area contributed by atoms with Gasteiger partial charge in [-0.15, -0.1) is 0 Å². The maximum atomic E-state index is 13.6. The number of Topliss-reactive ketones (excluding diaryl/α,β-unsaturated/α-hetero) is 1.